The molecule has 1 atom stereocenters. The van der Waals surface area contributed by atoms with Gasteiger partial charge in [-0.1, -0.05) is 30.3 Å². The highest BCUT2D eigenvalue weighted by atomic mass is 19.1. The van der Waals surface area contributed by atoms with Gasteiger partial charge in [-0.05, 0) is 43.7 Å². The summed E-state index contributed by atoms with van der Waals surface area (Å²) in [4.78, 5) is 0. The summed E-state index contributed by atoms with van der Waals surface area (Å²) >= 11 is 0. The lowest BCUT2D eigenvalue weighted by Crippen LogP contribution is -2.23. The van der Waals surface area contributed by atoms with E-state index in [2.05, 4.69) is 12.2 Å². The number of hydrogen-bond acceptors (Lipinski definition) is 1. The van der Waals surface area contributed by atoms with E-state index in [1.54, 1.807) is 12.1 Å². The van der Waals surface area contributed by atoms with Crippen LogP contribution in [0.5, 0.6) is 0 Å². The molecule has 1 N–H and O–H groups in total. The Hall–Kier alpha value is -1.74. The monoisotopic (exact) mass is 261 g/mol. The van der Waals surface area contributed by atoms with Crippen molar-refractivity contribution in [1.82, 2.24) is 5.32 Å². The summed E-state index contributed by atoms with van der Waals surface area (Å²) < 4.78 is 27.3. The van der Waals surface area contributed by atoms with Crippen molar-refractivity contribution in [2.45, 2.75) is 19.4 Å². The maximum atomic E-state index is 13.7. The molecule has 3 heteroatoms. The van der Waals surface area contributed by atoms with Crippen molar-refractivity contribution in [1.29, 1.82) is 0 Å². The van der Waals surface area contributed by atoms with Crippen LogP contribution in [0, 0.1) is 11.6 Å². The molecule has 0 amide bonds. The summed E-state index contributed by atoms with van der Waals surface area (Å²) in [7, 11) is 1.91. The SMILES string of the molecule is CNC(C)Cc1ccc(-c2c(F)cccc2F)cc1. The molecule has 0 aromatic heterocycles. The molecule has 19 heavy (non-hydrogen) atoms. The Bertz CT molecular complexity index is 529. The van der Waals surface area contributed by atoms with E-state index in [1.807, 2.05) is 19.2 Å². The molecule has 0 heterocycles. The molecule has 2 aromatic carbocycles. The molecule has 1 nitrogen and oxygen atoms in total. The highest BCUT2D eigenvalue weighted by Crippen LogP contribution is 2.26. The zero-order valence-corrected chi connectivity index (χ0v) is 11.1. The summed E-state index contributed by atoms with van der Waals surface area (Å²) in [5.41, 5.74) is 1.74. The van der Waals surface area contributed by atoms with Crippen molar-refractivity contribution in [2.75, 3.05) is 7.05 Å². The van der Waals surface area contributed by atoms with Crippen LogP contribution in [0.2, 0.25) is 0 Å². The third-order valence-electron chi connectivity index (χ3n) is 3.24. The first-order chi connectivity index (χ1) is 9.11. The highest BCUT2D eigenvalue weighted by Gasteiger charge is 2.10. The zero-order valence-electron chi connectivity index (χ0n) is 11.1. The number of benzene rings is 2. The molecule has 0 saturated carbocycles. The van der Waals surface area contributed by atoms with Gasteiger partial charge in [0.1, 0.15) is 11.6 Å². The minimum atomic E-state index is -0.531. The summed E-state index contributed by atoms with van der Waals surface area (Å²) in [5, 5.41) is 3.16. The van der Waals surface area contributed by atoms with Crippen LogP contribution in [0.1, 0.15) is 12.5 Å². The molecule has 100 valence electrons. The van der Waals surface area contributed by atoms with Gasteiger partial charge in [0.15, 0.2) is 0 Å². The first-order valence-corrected chi connectivity index (χ1v) is 6.32. The lowest BCUT2D eigenvalue weighted by atomic mass is 10.0. The third-order valence-corrected chi connectivity index (χ3v) is 3.24. The fraction of sp³-hybridized carbons (Fsp3) is 0.250. The van der Waals surface area contributed by atoms with Gasteiger partial charge in [-0.15, -0.1) is 0 Å². The topological polar surface area (TPSA) is 12.0 Å². The highest BCUT2D eigenvalue weighted by molar-refractivity contribution is 5.65. The van der Waals surface area contributed by atoms with Gasteiger partial charge in [0.25, 0.3) is 0 Å². The molecule has 0 saturated heterocycles. The molecule has 0 fully saturated rings. The van der Waals surface area contributed by atoms with Gasteiger partial charge in [-0.25, -0.2) is 8.78 Å². The van der Waals surface area contributed by atoms with Crippen molar-refractivity contribution in [3.63, 3.8) is 0 Å². The Balaban J connectivity index is 2.28. The molecule has 1 unspecified atom stereocenters. The minimum Gasteiger partial charge on any atom is -0.317 e. The molecular formula is C16H17F2N. The van der Waals surface area contributed by atoms with Crippen LogP contribution in [0.25, 0.3) is 11.1 Å². The molecule has 2 rings (SSSR count). The normalized spacial score (nSPS) is 12.4. The Morgan fingerprint density at radius 1 is 1.00 bits per heavy atom. The van der Waals surface area contributed by atoms with Crippen molar-refractivity contribution >= 4 is 0 Å². The van der Waals surface area contributed by atoms with Crippen molar-refractivity contribution in [3.05, 3.63) is 59.7 Å². The van der Waals surface area contributed by atoms with Crippen molar-refractivity contribution in [3.8, 4) is 11.1 Å². The maximum absolute atomic E-state index is 13.7. The number of nitrogens with one attached hydrogen (secondary N) is 1. The van der Waals surface area contributed by atoms with Crippen LogP contribution in [0.15, 0.2) is 42.5 Å². The fourth-order valence-corrected chi connectivity index (χ4v) is 2.04. The van der Waals surface area contributed by atoms with E-state index in [0.717, 1.165) is 12.0 Å². The average molecular weight is 261 g/mol. The van der Waals surface area contributed by atoms with E-state index in [4.69, 9.17) is 0 Å². The smallest absolute Gasteiger partial charge is 0.133 e. The Morgan fingerprint density at radius 2 is 1.58 bits per heavy atom. The van der Waals surface area contributed by atoms with E-state index in [-0.39, 0.29) is 5.56 Å². The van der Waals surface area contributed by atoms with Crippen LogP contribution >= 0.6 is 0 Å². The first kappa shape index (κ1) is 13.7. The van der Waals surface area contributed by atoms with Gasteiger partial charge >= 0.3 is 0 Å². The maximum Gasteiger partial charge on any atom is 0.133 e. The van der Waals surface area contributed by atoms with E-state index in [0.29, 0.717) is 11.6 Å². The van der Waals surface area contributed by atoms with Crippen LogP contribution in [0.4, 0.5) is 8.78 Å². The largest absolute Gasteiger partial charge is 0.317 e. The summed E-state index contributed by atoms with van der Waals surface area (Å²) in [6.45, 7) is 2.09. The lowest BCUT2D eigenvalue weighted by molar-refractivity contribution is 0.589. The van der Waals surface area contributed by atoms with Gasteiger partial charge in [0.2, 0.25) is 0 Å². The lowest BCUT2D eigenvalue weighted by Gasteiger charge is -2.11. The molecule has 0 bridgehead atoms. The van der Waals surface area contributed by atoms with E-state index < -0.39 is 11.6 Å². The third kappa shape index (κ3) is 3.18. The van der Waals surface area contributed by atoms with Crippen LogP contribution in [-0.2, 0) is 6.42 Å². The van der Waals surface area contributed by atoms with Gasteiger partial charge in [-0.3, -0.25) is 0 Å². The van der Waals surface area contributed by atoms with E-state index in [9.17, 15) is 8.78 Å². The second kappa shape index (κ2) is 5.93. The Morgan fingerprint density at radius 3 is 2.11 bits per heavy atom. The molecule has 0 aliphatic carbocycles. The number of halogens is 2. The standard InChI is InChI=1S/C16H17F2N/c1-11(19-2)10-12-6-8-13(9-7-12)16-14(17)4-3-5-15(16)18/h3-9,11,19H,10H2,1-2H3. The van der Waals surface area contributed by atoms with Crippen LogP contribution < -0.4 is 5.32 Å². The van der Waals surface area contributed by atoms with Gasteiger partial charge in [-0.2, -0.15) is 0 Å². The van der Waals surface area contributed by atoms with Crippen LogP contribution in [-0.4, -0.2) is 13.1 Å². The number of hydrogen-bond donors (Lipinski definition) is 1. The second-order valence-corrected chi connectivity index (χ2v) is 4.69. The average Bonchev–Trinajstić information content (AvgIpc) is 2.40. The van der Waals surface area contributed by atoms with E-state index in [1.165, 1.54) is 18.2 Å². The molecule has 0 aliphatic rings. The number of rotatable bonds is 4. The van der Waals surface area contributed by atoms with Crippen molar-refractivity contribution in [2.24, 2.45) is 0 Å². The summed E-state index contributed by atoms with van der Waals surface area (Å²) in [6, 6.07) is 11.6. The Labute approximate surface area is 112 Å². The van der Waals surface area contributed by atoms with Gasteiger partial charge in [0, 0.05) is 6.04 Å². The van der Waals surface area contributed by atoms with Gasteiger partial charge < -0.3 is 5.32 Å². The zero-order chi connectivity index (χ0) is 13.8. The summed E-state index contributed by atoms with van der Waals surface area (Å²) in [5.74, 6) is -1.06. The molecule has 0 spiro atoms. The second-order valence-electron chi connectivity index (χ2n) is 4.69. The van der Waals surface area contributed by atoms with E-state index >= 15 is 0 Å². The summed E-state index contributed by atoms with van der Waals surface area (Å²) in [6.07, 6.45) is 0.885. The molecule has 2 aromatic rings. The molecular weight excluding hydrogens is 244 g/mol. The fourth-order valence-electron chi connectivity index (χ4n) is 2.04. The predicted octanol–water partition coefficient (Wildman–Crippen LogP) is 3.78. The number of likely N-dealkylation sites (N-methyl/N-ethyl adjacent to an activating group) is 1. The molecule has 0 radical (unpaired) electrons. The minimum absolute atomic E-state index is 0.0377. The van der Waals surface area contributed by atoms with Crippen LogP contribution in [0.3, 0.4) is 0 Å². The Kier molecular flexibility index (Phi) is 4.27. The van der Waals surface area contributed by atoms with Gasteiger partial charge in [0.05, 0.1) is 5.56 Å². The quantitative estimate of drug-likeness (QED) is 0.883. The molecule has 0 aliphatic heterocycles. The predicted molar refractivity (Wildman–Crippen MR) is 74.0 cm³/mol. The van der Waals surface area contributed by atoms with Crippen molar-refractivity contribution < 1.29 is 8.78 Å². The first-order valence-electron chi connectivity index (χ1n) is 6.32.